The molecule has 0 saturated carbocycles. The van der Waals surface area contributed by atoms with Gasteiger partial charge in [0.15, 0.2) is 0 Å². The van der Waals surface area contributed by atoms with Crippen LogP contribution in [0, 0.1) is 0 Å². The van der Waals surface area contributed by atoms with Crippen LogP contribution >= 0.6 is 0 Å². The first-order valence-corrected chi connectivity index (χ1v) is 6.35. The number of aliphatic hydroxyl groups is 1. The van der Waals surface area contributed by atoms with E-state index in [0.29, 0.717) is 12.1 Å². The van der Waals surface area contributed by atoms with Crippen molar-refractivity contribution in [1.82, 2.24) is 4.90 Å². The number of carbonyl (C=O) groups is 1. The van der Waals surface area contributed by atoms with Crippen LogP contribution in [0.1, 0.15) is 24.2 Å². The quantitative estimate of drug-likeness (QED) is 0.834. The van der Waals surface area contributed by atoms with E-state index in [2.05, 4.69) is 18.7 Å². The van der Waals surface area contributed by atoms with E-state index in [1.807, 2.05) is 24.3 Å². The summed E-state index contributed by atoms with van der Waals surface area (Å²) in [6.45, 7) is 6.47. The van der Waals surface area contributed by atoms with Crippen molar-refractivity contribution in [2.24, 2.45) is 0 Å². The van der Waals surface area contributed by atoms with Gasteiger partial charge in [0.2, 0.25) is 0 Å². The Labute approximate surface area is 109 Å². The summed E-state index contributed by atoms with van der Waals surface area (Å²) in [5.74, 6) is -0.0600. The van der Waals surface area contributed by atoms with Gasteiger partial charge in [-0.25, -0.2) is 0 Å². The van der Waals surface area contributed by atoms with E-state index in [4.69, 9.17) is 5.11 Å². The number of rotatable bonds is 6. The summed E-state index contributed by atoms with van der Waals surface area (Å²) in [6, 6.07) is 7.60. The third-order valence-corrected chi connectivity index (χ3v) is 3.02. The maximum Gasteiger partial charge on any atom is 0.253 e. The predicted octanol–water partition coefficient (Wildman–Crippen LogP) is 1.60. The summed E-state index contributed by atoms with van der Waals surface area (Å²) >= 11 is 0. The summed E-state index contributed by atoms with van der Waals surface area (Å²) in [6.07, 6.45) is 0. The molecule has 4 nitrogen and oxygen atoms in total. The number of likely N-dealkylation sites (N-methyl/N-ethyl adjacent to an activating group) is 1. The van der Waals surface area contributed by atoms with E-state index in [0.717, 1.165) is 18.8 Å². The highest BCUT2D eigenvalue weighted by Crippen LogP contribution is 2.15. The van der Waals surface area contributed by atoms with E-state index >= 15 is 0 Å². The Morgan fingerprint density at radius 1 is 1.17 bits per heavy atom. The third-order valence-electron chi connectivity index (χ3n) is 3.02. The predicted molar refractivity (Wildman–Crippen MR) is 74.0 cm³/mol. The molecule has 0 atom stereocenters. The minimum absolute atomic E-state index is 0.0141. The lowest BCUT2D eigenvalue weighted by Crippen LogP contribution is -2.29. The van der Waals surface area contributed by atoms with Crippen LogP contribution in [0.2, 0.25) is 0 Å². The van der Waals surface area contributed by atoms with Crippen molar-refractivity contribution in [3.05, 3.63) is 29.8 Å². The molecule has 0 bridgehead atoms. The zero-order chi connectivity index (χ0) is 13.5. The second kappa shape index (κ2) is 7.01. The Bertz CT molecular complexity index is 372. The molecule has 0 heterocycles. The lowest BCUT2D eigenvalue weighted by molar-refractivity contribution is 0.0767. The number of amides is 1. The van der Waals surface area contributed by atoms with E-state index < -0.39 is 0 Å². The zero-order valence-electron chi connectivity index (χ0n) is 11.4. The molecule has 1 amide bonds. The van der Waals surface area contributed by atoms with Crippen LogP contribution < -0.4 is 4.90 Å². The molecule has 1 N–H and O–H groups in total. The van der Waals surface area contributed by atoms with Crippen LogP contribution in [0.3, 0.4) is 0 Å². The summed E-state index contributed by atoms with van der Waals surface area (Å²) in [4.78, 5) is 15.7. The molecule has 0 aliphatic carbocycles. The maximum atomic E-state index is 12.0. The Morgan fingerprint density at radius 2 is 1.72 bits per heavy atom. The minimum Gasteiger partial charge on any atom is -0.395 e. The minimum atomic E-state index is -0.0600. The molecule has 0 unspecified atom stereocenters. The molecule has 1 rings (SSSR count). The average Bonchev–Trinajstić information content (AvgIpc) is 2.40. The lowest BCUT2D eigenvalue weighted by atomic mass is 10.1. The van der Waals surface area contributed by atoms with Crippen LogP contribution in [0.25, 0.3) is 0 Å². The van der Waals surface area contributed by atoms with Crippen molar-refractivity contribution < 1.29 is 9.90 Å². The number of aliphatic hydroxyl groups excluding tert-OH is 1. The fourth-order valence-electron chi connectivity index (χ4n) is 1.88. The molecule has 0 aromatic heterocycles. The van der Waals surface area contributed by atoms with Gasteiger partial charge in [0.1, 0.15) is 0 Å². The Kier molecular flexibility index (Phi) is 5.65. The van der Waals surface area contributed by atoms with E-state index in [1.54, 1.807) is 7.05 Å². The second-order valence-corrected chi connectivity index (χ2v) is 4.17. The van der Waals surface area contributed by atoms with E-state index in [9.17, 15) is 4.79 Å². The van der Waals surface area contributed by atoms with Gasteiger partial charge in [-0.05, 0) is 38.1 Å². The molecule has 18 heavy (non-hydrogen) atoms. The lowest BCUT2D eigenvalue weighted by Gasteiger charge is -2.21. The topological polar surface area (TPSA) is 43.8 Å². The van der Waals surface area contributed by atoms with Gasteiger partial charge in [-0.2, -0.15) is 0 Å². The fraction of sp³-hybridized carbons (Fsp3) is 0.500. The smallest absolute Gasteiger partial charge is 0.253 e. The van der Waals surface area contributed by atoms with Gasteiger partial charge in [0, 0.05) is 37.9 Å². The first-order chi connectivity index (χ1) is 8.63. The Balaban J connectivity index is 2.79. The summed E-state index contributed by atoms with van der Waals surface area (Å²) < 4.78 is 0. The van der Waals surface area contributed by atoms with E-state index in [-0.39, 0.29) is 12.5 Å². The summed E-state index contributed by atoms with van der Waals surface area (Å²) in [5.41, 5.74) is 1.78. The van der Waals surface area contributed by atoms with Crippen LogP contribution in [0.5, 0.6) is 0 Å². The molecular weight excluding hydrogens is 228 g/mol. The van der Waals surface area contributed by atoms with Gasteiger partial charge in [-0.1, -0.05) is 0 Å². The van der Waals surface area contributed by atoms with Gasteiger partial charge in [0.25, 0.3) is 5.91 Å². The first-order valence-electron chi connectivity index (χ1n) is 6.35. The van der Waals surface area contributed by atoms with Crippen LogP contribution in [-0.4, -0.2) is 49.2 Å². The zero-order valence-corrected chi connectivity index (χ0v) is 11.4. The van der Waals surface area contributed by atoms with Crippen molar-refractivity contribution in [3.63, 3.8) is 0 Å². The molecule has 1 aromatic carbocycles. The highest BCUT2D eigenvalue weighted by atomic mass is 16.3. The van der Waals surface area contributed by atoms with Crippen LogP contribution in [-0.2, 0) is 0 Å². The highest BCUT2D eigenvalue weighted by Gasteiger charge is 2.11. The molecular formula is C14H22N2O2. The van der Waals surface area contributed by atoms with E-state index in [1.165, 1.54) is 4.90 Å². The normalized spacial score (nSPS) is 10.2. The number of nitrogens with zero attached hydrogens (tertiary/aromatic N) is 2. The summed E-state index contributed by atoms with van der Waals surface area (Å²) in [5, 5.41) is 8.81. The number of hydrogen-bond donors (Lipinski definition) is 1. The molecule has 100 valence electrons. The number of carbonyl (C=O) groups excluding carboxylic acids is 1. The number of anilines is 1. The molecule has 0 fully saturated rings. The number of benzene rings is 1. The molecule has 0 aliphatic heterocycles. The molecule has 1 aromatic rings. The highest BCUT2D eigenvalue weighted by molar-refractivity contribution is 5.94. The van der Waals surface area contributed by atoms with Crippen LogP contribution in [0.15, 0.2) is 24.3 Å². The first kappa shape index (κ1) is 14.5. The molecule has 0 radical (unpaired) electrons. The van der Waals surface area contributed by atoms with Crippen molar-refractivity contribution in [2.75, 3.05) is 38.2 Å². The number of hydrogen-bond acceptors (Lipinski definition) is 3. The second-order valence-electron chi connectivity index (χ2n) is 4.17. The molecule has 0 aliphatic rings. The fourth-order valence-corrected chi connectivity index (χ4v) is 1.88. The molecule has 0 spiro atoms. The van der Waals surface area contributed by atoms with Crippen molar-refractivity contribution in [1.29, 1.82) is 0 Å². The van der Waals surface area contributed by atoms with Crippen molar-refractivity contribution in [2.45, 2.75) is 13.8 Å². The van der Waals surface area contributed by atoms with Gasteiger partial charge >= 0.3 is 0 Å². The average molecular weight is 250 g/mol. The SMILES string of the molecule is CCN(CC)c1ccc(C(=O)N(C)CCO)cc1. The largest absolute Gasteiger partial charge is 0.395 e. The molecule has 0 saturated heterocycles. The third kappa shape index (κ3) is 3.47. The van der Waals surface area contributed by atoms with Gasteiger partial charge in [-0.3, -0.25) is 4.79 Å². The maximum absolute atomic E-state index is 12.0. The van der Waals surface area contributed by atoms with Crippen molar-refractivity contribution in [3.8, 4) is 0 Å². The summed E-state index contributed by atoms with van der Waals surface area (Å²) in [7, 11) is 1.69. The molecule has 4 heteroatoms. The monoisotopic (exact) mass is 250 g/mol. The van der Waals surface area contributed by atoms with Gasteiger partial charge in [-0.15, -0.1) is 0 Å². The van der Waals surface area contributed by atoms with Crippen LogP contribution in [0.4, 0.5) is 5.69 Å². The Hall–Kier alpha value is -1.55. The van der Waals surface area contributed by atoms with Crippen molar-refractivity contribution >= 4 is 11.6 Å². The van der Waals surface area contributed by atoms with Gasteiger partial charge in [0.05, 0.1) is 6.61 Å². The Morgan fingerprint density at radius 3 is 2.17 bits per heavy atom. The van der Waals surface area contributed by atoms with Gasteiger partial charge < -0.3 is 14.9 Å². The standard InChI is InChI=1S/C14H22N2O2/c1-4-16(5-2)13-8-6-12(7-9-13)14(18)15(3)10-11-17/h6-9,17H,4-5,10-11H2,1-3H3.